The Labute approximate surface area is 104 Å². The minimum Gasteiger partial charge on any atom is -0.348 e. The lowest BCUT2D eigenvalue weighted by Gasteiger charge is -2.06. The zero-order chi connectivity index (χ0) is 12.3. The standard InChI is InChI=1S/C13H11ClN2O/c1-2-7-15-13(17)10-8-16-11-6-4-3-5-9(11)12(10)14/h2-6,8H,1,7H2,(H,15,17). The van der Waals surface area contributed by atoms with E-state index in [-0.39, 0.29) is 5.91 Å². The predicted molar refractivity (Wildman–Crippen MR) is 69.3 cm³/mol. The Balaban J connectivity index is 2.45. The molecule has 0 aliphatic heterocycles. The van der Waals surface area contributed by atoms with E-state index in [0.29, 0.717) is 17.1 Å². The number of pyridine rings is 1. The van der Waals surface area contributed by atoms with Crippen LogP contribution in [0, 0.1) is 0 Å². The minimum absolute atomic E-state index is 0.242. The average Bonchev–Trinajstić information content (AvgIpc) is 2.37. The second-order valence-electron chi connectivity index (χ2n) is 3.50. The molecule has 3 nitrogen and oxygen atoms in total. The zero-order valence-corrected chi connectivity index (χ0v) is 9.87. The first-order valence-corrected chi connectivity index (χ1v) is 5.54. The molecule has 0 aliphatic carbocycles. The van der Waals surface area contributed by atoms with Gasteiger partial charge in [-0.3, -0.25) is 9.78 Å². The molecule has 0 fully saturated rings. The smallest absolute Gasteiger partial charge is 0.254 e. The zero-order valence-electron chi connectivity index (χ0n) is 9.11. The molecule has 17 heavy (non-hydrogen) atoms. The number of halogens is 1. The number of hydrogen-bond acceptors (Lipinski definition) is 2. The molecule has 2 aromatic rings. The summed E-state index contributed by atoms with van der Waals surface area (Å²) in [4.78, 5) is 16.0. The van der Waals surface area contributed by atoms with Crippen LogP contribution in [0.5, 0.6) is 0 Å². The van der Waals surface area contributed by atoms with Crippen LogP contribution >= 0.6 is 11.6 Å². The summed E-state index contributed by atoms with van der Waals surface area (Å²) >= 11 is 6.19. The van der Waals surface area contributed by atoms with E-state index in [1.54, 1.807) is 6.08 Å². The summed E-state index contributed by atoms with van der Waals surface area (Å²) in [7, 11) is 0. The van der Waals surface area contributed by atoms with Crippen LogP contribution in [-0.2, 0) is 0 Å². The quantitative estimate of drug-likeness (QED) is 0.847. The summed E-state index contributed by atoms with van der Waals surface area (Å²) < 4.78 is 0. The summed E-state index contributed by atoms with van der Waals surface area (Å²) in [5, 5.41) is 3.88. The van der Waals surface area contributed by atoms with Crippen LogP contribution in [0.3, 0.4) is 0 Å². The van der Waals surface area contributed by atoms with Crippen molar-refractivity contribution in [2.24, 2.45) is 0 Å². The van der Waals surface area contributed by atoms with Gasteiger partial charge in [-0.25, -0.2) is 0 Å². The van der Waals surface area contributed by atoms with Crippen molar-refractivity contribution in [3.63, 3.8) is 0 Å². The molecule has 2 rings (SSSR count). The van der Waals surface area contributed by atoms with Gasteiger partial charge in [-0.15, -0.1) is 6.58 Å². The maximum Gasteiger partial charge on any atom is 0.254 e. The van der Waals surface area contributed by atoms with Gasteiger partial charge in [-0.2, -0.15) is 0 Å². The molecule has 0 aliphatic rings. The number of para-hydroxylation sites is 1. The highest BCUT2D eigenvalue weighted by Gasteiger charge is 2.12. The van der Waals surface area contributed by atoms with Gasteiger partial charge in [-0.1, -0.05) is 35.9 Å². The monoisotopic (exact) mass is 246 g/mol. The number of nitrogens with one attached hydrogen (secondary N) is 1. The van der Waals surface area contributed by atoms with Crippen molar-refractivity contribution in [3.05, 3.63) is 53.7 Å². The van der Waals surface area contributed by atoms with Crippen LogP contribution in [0.1, 0.15) is 10.4 Å². The lowest BCUT2D eigenvalue weighted by atomic mass is 10.1. The summed E-state index contributed by atoms with van der Waals surface area (Å²) in [6, 6.07) is 7.44. The number of rotatable bonds is 3. The van der Waals surface area contributed by atoms with Gasteiger partial charge in [0.25, 0.3) is 5.91 Å². The van der Waals surface area contributed by atoms with Crippen molar-refractivity contribution >= 4 is 28.4 Å². The van der Waals surface area contributed by atoms with Crippen LogP contribution in [-0.4, -0.2) is 17.4 Å². The number of benzene rings is 1. The Morgan fingerprint density at radius 1 is 1.47 bits per heavy atom. The predicted octanol–water partition coefficient (Wildman–Crippen LogP) is 2.80. The third-order valence-electron chi connectivity index (χ3n) is 2.36. The number of amides is 1. The van der Waals surface area contributed by atoms with E-state index in [1.807, 2.05) is 24.3 Å². The van der Waals surface area contributed by atoms with Crippen LogP contribution in [0.25, 0.3) is 10.9 Å². The molecule has 0 saturated heterocycles. The van der Waals surface area contributed by atoms with E-state index in [4.69, 9.17) is 11.6 Å². The number of carbonyl (C=O) groups excluding carboxylic acids is 1. The van der Waals surface area contributed by atoms with Gasteiger partial charge in [0.1, 0.15) is 0 Å². The molecule has 0 spiro atoms. The third kappa shape index (κ3) is 2.29. The highest BCUT2D eigenvalue weighted by Crippen LogP contribution is 2.25. The number of fused-ring (bicyclic) bond motifs is 1. The van der Waals surface area contributed by atoms with Crippen molar-refractivity contribution in [1.29, 1.82) is 0 Å². The minimum atomic E-state index is -0.242. The topological polar surface area (TPSA) is 42.0 Å². The van der Waals surface area contributed by atoms with Crippen molar-refractivity contribution in [3.8, 4) is 0 Å². The Morgan fingerprint density at radius 3 is 3.00 bits per heavy atom. The molecule has 1 N–H and O–H groups in total. The molecule has 4 heteroatoms. The van der Waals surface area contributed by atoms with E-state index in [2.05, 4.69) is 16.9 Å². The highest BCUT2D eigenvalue weighted by atomic mass is 35.5. The number of aromatic nitrogens is 1. The van der Waals surface area contributed by atoms with Gasteiger partial charge in [0.05, 0.1) is 16.1 Å². The van der Waals surface area contributed by atoms with Gasteiger partial charge in [-0.05, 0) is 6.07 Å². The Bertz CT molecular complexity index is 581. The lowest BCUT2D eigenvalue weighted by Crippen LogP contribution is -2.23. The maximum absolute atomic E-state index is 11.8. The molecule has 0 radical (unpaired) electrons. The molecule has 1 aromatic carbocycles. The first-order valence-electron chi connectivity index (χ1n) is 5.16. The van der Waals surface area contributed by atoms with E-state index >= 15 is 0 Å². The lowest BCUT2D eigenvalue weighted by molar-refractivity contribution is 0.0958. The second kappa shape index (κ2) is 4.97. The molecule has 1 aromatic heterocycles. The van der Waals surface area contributed by atoms with E-state index in [1.165, 1.54) is 6.20 Å². The van der Waals surface area contributed by atoms with Crippen molar-refractivity contribution in [2.75, 3.05) is 6.54 Å². The molecule has 1 amide bonds. The van der Waals surface area contributed by atoms with Crippen LogP contribution in [0.4, 0.5) is 0 Å². The molecule has 0 saturated carbocycles. The van der Waals surface area contributed by atoms with Crippen molar-refractivity contribution in [1.82, 2.24) is 10.3 Å². The fourth-order valence-electron chi connectivity index (χ4n) is 1.53. The van der Waals surface area contributed by atoms with Crippen molar-refractivity contribution < 1.29 is 4.79 Å². The largest absolute Gasteiger partial charge is 0.348 e. The van der Waals surface area contributed by atoms with Crippen LogP contribution < -0.4 is 5.32 Å². The van der Waals surface area contributed by atoms with E-state index in [9.17, 15) is 4.79 Å². The normalized spacial score (nSPS) is 10.2. The molecule has 86 valence electrons. The molecular weight excluding hydrogens is 236 g/mol. The number of nitrogens with zero attached hydrogens (tertiary/aromatic N) is 1. The first-order chi connectivity index (χ1) is 8.24. The van der Waals surface area contributed by atoms with Gasteiger partial charge in [0, 0.05) is 18.1 Å². The SMILES string of the molecule is C=CCNC(=O)c1cnc2ccccc2c1Cl. The van der Waals surface area contributed by atoms with E-state index in [0.717, 1.165) is 10.9 Å². The maximum atomic E-state index is 11.8. The van der Waals surface area contributed by atoms with Crippen LogP contribution in [0.2, 0.25) is 5.02 Å². The third-order valence-corrected chi connectivity index (χ3v) is 2.77. The molecule has 0 atom stereocenters. The van der Waals surface area contributed by atoms with Gasteiger partial charge in [0.15, 0.2) is 0 Å². The fraction of sp³-hybridized carbons (Fsp3) is 0.0769. The van der Waals surface area contributed by atoms with Gasteiger partial charge in [0.2, 0.25) is 0 Å². The number of carbonyl (C=O) groups is 1. The summed E-state index contributed by atoms with van der Waals surface area (Å²) in [6.45, 7) is 3.94. The molecule has 0 unspecified atom stereocenters. The Morgan fingerprint density at radius 2 is 2.24 bits per heavy atom. The van der Waals surface area contributed by atoms with E-state index < -0.39 is 0 Å². The summed E-state index contributed by atoms with van der Waals surface area (Å²) in [6.07, 6.45) is 3.10. The fourth-order valence-corrected chi connectivity index (χ4v) is 1.82. The first kappa shape index (κ1) is 11.6. The average molecular weight is 247 g/mol. The van der Waals surface area contributed by atoms with Gasteiger partial charge < -0.3 is 5.32 Å². The Hall–Kier alpha value is -1.87. The summed E-state index contributed by atoms with van der Waals surface area (Å²) in [5.74, 6) is -0.242. The van der Waals surface area contributed by atoms with Crippen molar-refractivity contribution in [2.45, 2.75) is 0 Å². The second-order valence-corrected chi connectivity index (χ2v) is 3.88. The Kier molecular flexibility index (Phi) is 3.40. The van der Waals surface area contributed by atoms with Gasteiger partial charge >= 0.3 is 0 Å². The molecular formula is C13H11ClN2O. The number of hydrogen-bond donors (Lipinski definition) is 1. The van der Waals surface area contributed by atoms with Crippen LogP contribution in [0.15, 0.2) is 43.1 Å². The molecule has 0 bridgehead atoms. The highest BCUT2D eigenvalue weighted by molar-refractivity contribution is 6.38. The summed E-state index contributed by atoms with van der Waals surface area (Å²) in [5.41, 5.74) is 1.16. The molecule has 1 heterocycles.